The fraction of sp³-hybridized carbons (Fsp3) is 0.333. The van der Waals surface area contributed by atoms with E-state index in [2.05, 4.69) is 10.6 Å². The van der Waals surface area contributed by atoms with E-state index in [9.17, 15) is 22.4 Å². The molecule has 0 unspecified atom stereocenters. The minimum absolute atomic E-state index is 0.00741. The SMILES string of the molecule is CC(C)N(C)S(=O)(=O)c1ccc(CNC(=O)CCNC(=O)c2ccc(F)cc2Cl)cc1. The molecule has 0 atom stereocenters. The lowest BCUT2D eigenvalue weighted by Crippen LogP contribution is -2.33. The van der Waals surface area contributed by atoms with Gasteiger partial charge in [0, 0.05) is 32.6 Å². The van der Waals surface area contributed by atoms with Crippen LogP contribution >= 0.6 is 11.6 Å². The summed E-state index contributed by atoms with van der Waals surface area (Å²) in [6.45, 7) is 3.88. The van der Waals surface area contributed by atoms with Crippen molar-refractivity contribution in [2.75, 3.05) is 13.6 Å². The van der Waals surface area contributed by atoms with E-state index >= 15 is 0 Å². The number of hydrogen-bond acceptors (Lipinski definition) is 4. The molecule has 0 saturated heterocycles. The zero-order chi connectivity index (χ0) is 23.2. The van der Waals surface area contributed by atoms with Gasteiger partial charge in [0.1, 0.15) is 5.82 Å². The average Bonchev–Trinajstić information content (AvgIpc) is 2.71. The Kier molecular flexibility index (Phi) is 8.55. The second kappa shape index (κ2) is 10.7. The van der Waals surface area contributed by atoms with E-state index in [1.165, 1.54) is 29.6 Å². The smallest absolute Gasteiger partial charge is 0.252 e. The first-order chi connectivity index (χ1) is 14.5. The van der Waals surface area contributed by atoms with Crippen LogP contribution in [0, 0.1) is 5.82 Å². The van der Waals surface area contributed by atoms with Gasteiger partial charge in [-0.05, 0) is 49.7 Å². The maximum Gasteiger partial charge on any atom is 0.252 e. The van der Waals surface area contributed by atoms with E-state index in [4.69, 9.17) is 11.6 Å². The van der Waals surface area contributed by atoms with Crippen molar-refractivity contribution in [3.8, 4) is 0 Å². The first-order valence-corrected chi connectivity index (χ1v) is 11.4. The molecule has 0 aliphatic carbocycles. The van der Waals surface area contributed by atoms with Crippen molar-refractivity contribution in [2.45, 2.75) is 37.8 Å². The van der Waals surface area contributed by atoms with Gasteiger partial charge in [0.2, 0.25) is 15.9 Å². The molecule has 2 aromatic carbocycles. The minimum atomic E-state index is -3.56. The summed E-state index contributed by atoms with van der Waals surface area (Å²) >= 11 is 5.83. The van der Waals surface area contributed by atoms with Crippen LogP contribution in [-0.2, 0) is 21.4 Å². The molecule has 0 saturated carbocycles. The third-order valence-electron chi connectivity index (χ3n) is 4.63. The van der Waals surface area contributed by atoms with Crippen LogP contribution in [0.25, 0.3) is 0 Å². The Morgan fingerprint density at radius 3 is 2.32 bits per heavy atom. The standard InChI is InChI=1S/C21H25ClFN3O4S/c1-14(2)26(3)31(29,30)17-7-4-15(5-8-17)13-25-20(27)10-11-24-21(28)18-9-6-16(23)12-19(18)22/h4-9,12,14H,10-11,13H2,1-3H3,(H,24,28)(H,25,27). The highest BCUT2D eigenvalue weighted by Gasteiger charge is 2.22. The molecule has 0 aliphatic rings. The lowest BCUT2D eigenvalue weighted by atomic mass is 10.2. The van der Waals surface area contributed by atoms with Crippen LogP contribution in [0.15, 0.2) is 47.4 Å². The van der Waals surface area contributed by atoms with Crippen molar-refractivity contribution in [2.24, 2.45) is 0 Å². The van der Waals surface area contributed by atoms with E-state index in [-0.39, 0.29) is 46.9 Å². The number of nitrogens with one attached hydrogen (secondary N) is 2. The highest BCUT2D eigenvalue weighted by molar-refractivity contribution is 7.89. The van der Waals surface area contributed by atoms with Crippen LogP contribution in [0.4, 0.5) is 4.39 Å². The van der Waals surface area contributed by atoms with Crippen LogP contribution in [0.5, 0.6) is 0 Å². The Bertz CT molecular complexity index is 1040. The topological polar surface area (TPSA) is 95.6 Å². The number of sulfonamides is 1. The monoisotopic (exact) mass is 469 g/mol. The largest absolute Gasteiger partial charge is 0.352 e. The third kappa shape index (κ3) is 6.75. The van der Waals surface area contributed by atoms with Crippen LogP contribution in [0.1, 0.15) is 36.2 Å². The Morgan fingerprint density at radius 2 is 1.74 bits per heavy atom. The Morgan fingerprint density at radius 1 is 1.10 bits per heavy atom. The van der Waals surface area contributed by atoms with Crippen LogP contribution in [0.3, 0.4) is 0 Å². The summed E-state index contributed by atoms with van der Waals surface area (Å²) in [5.74, 6) is -1.33. The van der Waals surface area contributed by atoms with Gasteiger partial charge in [-0.2, -0.15) is 4.31 Å². The number of amides is 2. The molecule has 0 fully saturated rings. The normalized spacial score (nSPS) is 11.6. The zero-order valence-electron chi connectivity index (χ0n) is 17.5. The first-order valence-electron chi connectivity index (χ1n) is 9.59. The predicted octanol–water partition coefficient (Wildman–Crippen LogP) is 2.94. The summed E-state index contributed by atoms with van der Waals surface area (Å²) in [4.78, 5) is 24.2. The Labute approximate surface area is 186 Å². The van der Waals surface area contributed by atoms with Crippen molar-refractivity contribution in [3.63, 3.8) is 0 Å². The van der Waals surface area contributed by atoms with E-state index in [1.54, 1.807) is 26.0 Å². The van der Waals surface area contributed by atoms with Crippen LogP contribution in [0.2, 0.25) is 5.02 Å². The molecule has 0 aromatic heterocycles. The Balaban J connectivity index is 1.81. The highest BCUT2D eigenvalue weighted by atomic mass is 35.5. The minimum Gasteiger partial charge on any atom is -0.352 e. The first kappa shape index (κ1) is 24.8. The highest BCUT2D eigenvalue weighted by Crippen LogP contribution is 2.18. The number of carbonyl (C=O) groups excluding carboxylic acids is 2. The van der Waals surface area contributed by atoms with Gasteiger partial charge in [-0.1, -0.05) is 23.7 Å². The third-order valence-corrected chi connectivity index (χ3v) is 6.99. The van der Waals surface area contributed by atoms with E-state index in [0.29, 0.717) is 0 Å². The van der Waals surface area contributed by atoms with Gasteiger partial charge < -0.3 is 10.6 Å². The van der Waals surface area contributed by atoms with Gasteiger partial charge in [0.05, 0.1) is 15.5 Å². The molecule has 0 radical (unpaired) electrons. The number of benzene rings is 2. The maximum absolute atomic E-state index is 13.0. The van der Waals surface area contributed by atoms with Crippen molar-refractivity contribution >= 4 is 33.4 Å². The number of rotatable bonds is 9. The quantitative estimate of drug-likeness (QED) is 0.590. The predicted molar refractivity (Wildman–Crippen MR) is 117 cm³/mol. The molecular formula is C21H25ClFN3O4S. The molecule has 0 heterocycles. The van der Waals surface area contributed by atoms with Gasteiger partial charge in [0.25, 0.3) is 5.91 Å². The summed E-state index contributed by atoms with van der Waals surface area (Å²) in [7, 11) is -2.03. The number of halogens is 2. The van der Waals surface area contributed by atoms with Crippen LogP contribution < -0.4 is 10.6 Å². The second-order valence-electron chi connectivity index (χ2n) is 7.17. The summed E-state index contributed by atoms with van der Waals surface area (Å²) in [5, 5.41) is 5.25. The van der Waals surface area contributed by atoms with Crippen molar-refractivity contribution in [3.05, 3.63) is 64.4 Å². The molecule has 2 aromatic rings. The molecule has 10 heteroatoms. The molecule has 168 valence electrons. The number of nitrogens with zero attached hydrogens (tertiary/aromatic N) is 1. The number of hydrogen-bond donors (Lipinski definition) is 2. The van der Waals surface area contributed by atoms with Gasteiger partial charge in [-0.25, -0.2) is 12.8 Å². The van der Waals surface area contributed by atoms with Gasteiger partial charge in [-0.15, -0.1) is 0 Å². The van der Waals surface area contributed by atoms with Gasteiger partial charge in [0.15, 0.2) is 0 Å². The second-order valence-corrected chi connectivity index (χ2v) is 9.57. The summed E-state index contributed by atoms with van der Waals surface area (Å²) in [5.41, 5.74) is 0.864. The lowest BCUT2D eigenvalue weighted by molar-refractivity contribution is -0.121. The van der Waals surface area contributed by atoms with E-state index < -0.39 is 21.7 Å². The zero-order valence-corrected chi connectivity index (χ0v) is 19.1. The summed E-state index contributed by atoms with van der Waals surface area (Å²) < 4.78 is 39.2. The molecule has 31 heavy (non-hydrogen) atoms. The molecule has 0 spiro atoms. The maximum atomic E-state index is 13.0. The average molecular weight is 470 g/mol. The fourth-order valence-electron chi connectivity index (χ4n) is 2.57. The molecule has 0 bridgehead atoms. The molecule has 2 rings (SSSR count). The Hall–Kier alpha value is -2.49. The number of carbonyl (C=O) groups is 2. The molecule has 2 N–H and O–H groups in total. The molecule has 7 nitrogen and oxygen atoms in total. The van der Waals surface area contributed by atoms with E-state index in [0.717, 1.165) is 17.7 Å². The summed E-state index contributed by atoms with van der Waals surface area (Å²) in [6, 6.07) is 9.56. The van der Waals surface area contributed by atoms with Gasteiger partial charge >= 0.3 is 0 Å². The lowest BCUT2D eigenvalue weighted by Gasteiger charge is -2.21. The van der Waals surface area contributed by atoms with Crippen molar-refractivity contribution < 1.29 is 22.4 Å². The summed E-state index contributed by atoms with van der Waals surface area (Å²) in [6.07, 6.45) is 0.0379. The van der Waals surface area contributed by atoms with Crippen LogP contribution in [-0.4, -0.2) is 44.2 Å². The van der Waals surface area contributed by atoms with Crippen molar-refractivity contribution in [1.82, 2.24) is 14.9 Å². The van der Waals surface area contributed by atoms with E-state index in [1.807, 2.05) is 0 Å². The fourth-order valence-corrected chi connectivity index (χ4v) is 4.19. The molecular weight excluding hydrogens is 445 g/mol. The van der Waals surface area contributed by atoms with Gasteiger partial charge in [-0.3, -0.25) is 9.59 Å². The molecule has 2 amide bonds. The molecule has 0 aliphatic heterocycles. The van der Waals surface area contributed by atoms with Crippen molar-refractivity contribution in [1.29, 1.82) is 0 Å².